The molecule has 0 aromatic heterocycles. The lowest BCUT2D eigenvalue weighted by Crippen LogP contribution is -2.47. The summed E-state index contributed by atoms with van der Waals surface area (Å²) in [7, 11) is 2.31. The molecule has 0 saturated heterocycles. The van der Waals surface area contributed by atoms with Crippen molar-refractivity contribution < 1.29 is 0 Å². The highest BCUT2D eigenvalue weighted by molar-refractivity contribution is 5.16. The molecule has 3 rings (SSSR count). The van der Waals surface area contributed by atoms with Gasteiger partial charge in [0.25, 0.3) is 0 Å². The van der Waals surface area contributed by atoms with Crippen LogP contribution in [0.15, 0.2) is 0 Å². The summed E-state index contributed by atoms with van der Waals surface area (Å²) in [6.45, 7) is 17.8. The van der Waals surface area contributed by atoms with Gasteiger partial charge in [-0.15, -0.1) is 0 Å². The van der Waals surface area contributed by atoms with E-state index in [1.807, 2.05) is 0 Å². The van der Waals surface area contributed by atoms with Crippen LogP contribution < -0.4 is 0 Å². The van der Waals surface area contributed by atoms with Gasteiger partial charge in [-0.1, -0.05) is 41.5 Å². The summed E-state index contributed by atoms with van der Waals surface area (Å²) in [6, 6.07) is 0. The average molecular weight is 292 g/mol. The van der Waals surface area contributed by atoms with Gasteiger partial charge in [0.15, 0.2) is 0 Å². The third kappa shape index (κ3) is 2.13. The van der Waals surface area contributed by atoms with Crippen molar-refractivity contribution in [1.82, 2.24) is 4.90 Å². The molecule has 0 aliphatic heterocycles. The Kier molecular flexibility index (Phi) is 3.57. The van der Waals surface area contributed by atoms with Crippen molar-refractivity contribution in [2.75, 3.05) is 20.1 Å². The van der Waals surface area contributed by atoms with E-state index >= 15 is 0 Å². The summed E-state index contributed by atoms with van der Waals surface area (Å²) in [6.07, 6.45) is 5.90. The molecule has 0 radical (unpaired) electrons. The monoisotopic (exact) mass is 291 g/mol. The van der Waals surface area contributed by atoms with E-state index in [1.54, 1.807) is 0 Å². The van der Waals surface area contributed by atoms with Crippen LogP contribution in [0.2, 0.25) is 0 Å². The topological polar surface area (TPSA) is 3.24 Å². The van der Waals surface area contributed by atoms with Gasteiger partial charge < -0.3 is 4.90 Å². The molecule has 1 nitrogen and oxygen atoms in total. The molecule has 122 valence electrons. The van der Waals surface area contributed by atoms with Crippen LogP contribution in [-0.2, 0) is 0 Å². The van der Waals surface area contributed by atoms with Crippen molar-refractivity contribution in [1.29, 1.82) is 0 Å². The summed E-state index contributed by atoms with van der Waals surface area (Å²) < 4.78 is 0. The molecule has 3 saturated carbocycles. The quantitative estimate of drug-likeness (QED) is 0.702. The maximum atomic E-state index is 2.62. The fourth-order valence-electron chi connectivity index (χ4n) is 7.81. The maximum Gasteiger partial charge on any atom is 0.00351 e. The molecule has 0 aromatic rings. The molecule has 0 amide bonds. The van der Waals surface area contributed by atoms with Crippen LogP contribution in [0.4, 0.5) is 0 Å². The molecule has 21 heavy (non-hydrogen) atoms. The van der Waals surface area contributed by atoms with Crippen LogP contribution in [0.25, 0.3) is 0 Å². The lowest BCUT2D eigenvalue weighted by Gasteiger charge is -2.50. The Labute approximate surface area is 132 Å². The summed E-state index contributed by atoms with van der Waals surface area (Å²) >= 11 is 0. The summed E-state index contributed by atoms with van der Waals surface area (Å²) in [4.78, 5) is 2.56. The first kappa shape index (κ1) is 15.8. The molecule has 5 unspecified atom stereocenters. The molecule has 0 N–H and O–H groups in total. The standard InChI is InChI=1S/C20H37N/c1-8-21(7)13-20(6)12-10-14-15-9-11-18(2,3)16(14)19(4,5)17(15)20/h14-17H,8-13H2,1-7H3. The van der Waals surface area contributed by atoms with Crippen LogP contribution >= 0.6 is 0 Å². The SMILES string of the molecule is CCN(C)CC1(C)CCC2C3CCC(C)(C)C2C(C)(C)C31. The second kappa shape index (κ2) is 4.73. The van der Waals surface area contributed by atoms with E-state index in [-0.39, 0.29) is 0 Å². The smallest absolute Gasteiger partial charge is 0.00351 e. The second-order valence-corrected chi connectivity index (χ2v) is 10.2. The lowest BCUT2D eigenvalue weighted by atomic mass is 9.57. The largest absolute Gasteiger partial charge is 0.306 e. The zero-order chi connectivity index (χ0) is 15.6. The van der Waals surface area contributed by atoms with Gasteiger partial charge in [0.2, 0.25) is 0 Å². The highest BCUT2D eigenvalue weighted by atomic mass is 15.1. The first-order valence-corrected chi connectivity index (χ1v) is 9.32. The molecule has 4 bridgehead atoms. The minimum absolute atomic E-state index is 0.523. The van der Waals surface area contributed by atoms with Crippen LogP contribution in [0.5, 0.6) is 0 Å². The molecule has 5 atom stereocenters. The first-order chi connectivity index (χ1) is 9.63. The third-order valence-electron chi connectivity index (χ3n) is 7.94. The van der Waals surface area contributed by atoms with Crippen molar-refractivity contribution in [2.24, 2.45) is 39.9 Å². The Morgan fingerprint density at radius 1 is 0.905 bits per heavy atom. The van der Waals surface area contributed by atoms with Gasteiger partial charge in [-0.05, 0) is 79.2 Å². The van der Waals surface area contributed by atoms with Crippen LogP contribution in [-0.4, -0.2) is 25.0 Å². The van der Waals surface area contributed by atoms with E-state index < -0.39 is 0 Å². The molecule has 3 aliphatic rings. The second-order valence-electron chi connectivity index (χ2n) is 10.2. The van der Waals surface area contributed by atoms with Crippen LogP contribution in [0.1, 0.15) is 67.2 Å². The Morgan fingerprint density at radius 3 is 2.10 bits per heavy atom. The van der Waals surface area contributed by atoms with Crippen molar-refractivity contribution in [3.63, 3.8) is 0 Å². The average Bonchev–Trinajstić information content (AvgIpc) is 2.50. The van der Waals surface area contributed by atoms with E-state index in [0.29, 0.717) is 16.2 Å². The number of hydrogen-bond donors (Lipinski definition) is 0. The van der Waals surface area contributed by atoms with E-state index in [1.165, 1.54) is 38.8 Å². The van der Waals surface area contributed by atoms with E-state index in [2.05, 4.69) is 53.5 Å². The minimum atomic E-state index is 0.523. The summed E-state index contributed by atoms with van der Waals surface area (Å²) in [5, 5.41) is 0. The highest BCUT2D eigenvalue weighted by Crippen LogP contribution is 2.73. The summed E-state index contributed by atoms with van der Waals surface area (Å²) in [5.74, 6) is 3.92. The van der Waals surface area contributed by atoms with Gasteiger partial charge in [-0.3, -0.25) is 0 Å². The fourth-order valence-corrected chi connectivity index (χ4v) is 7.81. The Balaban J connectivity index is 1.98. The van der Waals surface area contributed by atoms with Gasteiger partial charge in [0.05, 0.1) is 0 Å². The van der Waals surface area contributed by atoms with Gasteiger partial charge in [-0.2, -0.15) is 0 Å². The normalized spacial score (nSPS) is 46.9. The van der Waals surface area contributed by atoms with E-state index in [4.69, 9.17) is 0 Å². The van der Waals surface area contributed by atoms with Gasteiger partial charge in [-0.25, -0.2) is 0 Å². The van der Waals surface area contributed by atoms with Crippen LogP contribution in [0, 0.1) is 39.9 Å². The van der Waals surface area contributed by atoms with Gasteiger partial charge in [0, 0.05) is 6.54 Å². The molecule has 3 aliphatic carbocycles. The van der Waals surface area contributed by atoms with Gasteiger partial charge in [0.1, 0.15) is 0 Å². The van der Waals surface area contributed by atoms with E-state index in [9.17, 15) is 0 Å². The number of rotatable bonds is 3. The van der Waals surface area contributed by atoms with Crippen molar-refractivity contribution >= 4 is 0 Å². The zero-order valence-corrected chi connectivity index (χ0v) is 15.5. The maximum absolute atomic E-state index is 2.62. The number of nitrogens with zero attached hydrogens (tertiary/aromatic N) is 1. The molecule has 0 aromatic carbocycles. The molecular formula is C20H37N. The highest BCUT2D eigenvalue weighted by Gasteiger charge is 2.67. The predicted molar refractivity (Wildman–Crippen MR) is 91.3 cm³/mol. The van der Waals surface area contributed by atoms with Crippen molar-refractivity contribution in [3.8, 4) is 0 Å². The summed E-state index contributed by atoms with van der Waals surface area (Å²) in [5.41, 5.74) is 1.61. The van der Waals surface area contributed by atoms with Gasteiger partial charge >= 0.3 is 0 Å². The Hall–Kier alpha value is -0.0400. The molecule has 1 heteroatoms. The van der Waals surface area contributed by atoms with Crippen molar-refractivity contribution in [2.45, 2.75) is 67.2 Å². The van der Waals surface area contributed by atoms with Crippen LogP contribution in [0.3, 0.4) is 0 Å². The number of hydrogen-bond acceptors (Lipinski definition) is 1. The molecule has 3 fully saturated rings. The van der Waals surface area contributed by atoms with E-state index in [0.717, 1.165) is 23.7 Å². The predicted octanol–water partition coefficient (Wildman–Crippen LogP) is 5.06. The Morgan fingerprint density at radius 2 is 1.48 bits per heavy atom. The molecule has 0 heterocycles. The van der Waals surface area contributed by atoms with Crippen molar-refractivity contribution in [3.05, 3.63) is 0 Å². The first-order valence-electron chi connectivity index (χ1n) is 9.32. The zero-order valence-electron chi connectivity index (χ0n) is 15.5. The Bertz CT molecular complexity index is 410. The fraction of sp³-hybridized carbons (Fsp3) is 1.00. The minimum Gasteiger partial charge on any atom is -0.306 e. The molecule has 0 spiro atoms. The lowest BCUT2D eigenvalue weighted by molar-refractivity contribution is -0.00866. The molecular weight excluding hydrogens is 254 g/mol. The third-order valence-corrected chi connectivity index (χ3v) is 7.94.